The molecule has 0 N–H and O–H groups in total. The maximum absolute atomic E-state index is 4.92. The molecule has 1 rings (SSSR count). The second kappa shape index (κ2) is 2.09. The number of rotatable bonds is 1. The summed E-state index contributed by atoms with van der Waals surface area (Å²) >= 11 is 0. The van der Waals surface area contributed by atoms with E-state index in [-0.39, 0.29) is 0 Å². The van der Waals surface area contributed by atoms with E-state index in [1.54, 1.807) is 7.11 Å². The molecule has 9 heavy (non-hydrogen) atoms. The van der Waals surface area contributed by atoms with E-state index >= 15 is 0 Å². The van der Waals surface area contributed by atoms with E-state index in [0.29, 0.717) is 6.01 Å². The van der Waals surface area contributed by atoms with Gasteiger partial charge in [0.15, 0.2) is 0 Å². The smallest absolute Gasteiger partial charge is 0.295 e. The Morgan fingerprint density at radius 3 is 2.56 bits per heavy atom. The summed E-state index contributed by atoms with van der Waals surface area (Å²) in [5.74, 6) is 0. The zero-order valence-electron chi connectivity index (χ0n) is 5.88. The molecule has 0 amide bonds. The highest BCUT2D eigenvalue weighted by Crippen LogP contribution is 2.06. The molecule has 1 aromatic heterocycles. The Kier molecular flexibility index (Phi) is 1.42. The minimum absolute atomic E-state index is 0.660. The zero-order chi connectivity index (χ0) is 6.85. The average molecular weight is 126 g/mol. The maximum Gasteiger partial charge on any atom is 0.295 e. The molecule has 1 heterocycles. The summed E-state index contributed by atoms with van der Waals surface area (Å²) in [6, 6.07) is 0.660. The standard InChI is InChI=1S/C6H10N2O/c1-5-4-8(2)6(7-5)9-3/h4H,1-3H3. The summed E-state index contributed by atoms with van der Waals surface area (Å²) in [6.07, 6.45) is 1.92. The highest BCUT2D eigenvalue weighted by molar-refractivity contribution is 5.05. The van der Waals surface area contributed by atoms with Crippen LogP contribution in [-0.2, 0) is 7.05 Å². The van der Waals surface area contributed by atoms with Crippen molar-refractivity contribution < 1.29 is 4.74 Å². The second-order valence-corrected chi connectivity index (χ2v) is 1.98. The van der Waals surface area contributed by atoms with Gasteiger partial charge in [-0.1, -0.05) is 0 Å². The van der Waals surface area contributed by atoms with Gasteiger partial charge in [-0.15, -0.1) is 0 Å². The molecule has 0 bridgehead atoms. The van der Waals surface area contributed by atoms with Gasteiger partial charge < -0.3 is 9.30 Å². The fourth-order valence-corrected chi connectivity index (χ4v) is 0.784. The molecule has 50 valence electrons. The van der Waals surface area contributed by atoms with E-state index in [4.69, 9.17) is 4.74 Å². The Morgan fingerprint density at radius 2 is 2.33 bits per heavy atom. The Balaban J connectivity index is 3.01. The minimum atomic E-state index is 0.660. The Bertz CT molecular complexity index is 205. The first-order chi connectivity index (χ1) is 4.24. The van der Waals surface area contributed by atoms with E-state index in [2.05, 4.69) is 4.98 Å². The molecule has 3 heteroatoms. The third kappa shape index (κ3) is 1.04. The largest absolute Gasteiger partial charge is 0.468 e. The third-order valence-electron chi connectivity index (χ3n) is 1.14. The summed E-state index contributed by atoms with van der Waals surface area (Å²) < 4.78 is 6.76. The van der Waals surface area contributed by atoms with Crippen molar-refractivity contribution in [3.8, 4) is 6.01 Å². The van der Waals surface area contributed by atoms with E-state index < -0.39 is 0 Å². The summed E-state index contributed by atoms with van der Waals surface area (Å²) in [7, 11) is 3.51. The summed E-state index contributed by atoms with van der Waals surface area (Å²) in [6.45, 7) is 1.93. The number of imidazole rings is 1. The van der Waals surface area contributed by atoms with Gasteiger partial charge in [0.25, 0.3) is 6.01 Å². The molecular formula is C6H10N2O. The Morgan fingerprint density at radius 1 is 1.67 bits per heavy atom. The molecule has 0 aromatic carbocycles. The van der Waals surface area contributed by atoms with Gasteiger partial charge in [0.05, 0.1) is 12.8 Å². The molecule has 0 aliphatic carbocycles. The lowest BCUT2D eigenvalue weighted by Crippen LogP contribution is -1.92. The van der Waals surface area contributed by atoms with E-state index in [0.717, 1.165) is 5.69 Å². The van der Waals surface area contributed by atoms with Crippen molar-refractivity contribution in [3.05, 3.63) is 11.9 Å². The fourth-order valence-electron chi connectivity index (χ4n) is 0.784. The van der Waals surface area contributed by atoms with Crippen molar-refractivity contribution in [2.24, 2.45) is 7.05 Å². The number of aryl methyl sites for hydroxylation is 2. The van der Waals surface area contributed by atoms with Gasteiger partial charge in [0.2, 0.25) is 0 Å². The predicted molar refractivity (Wildman–Crippen MR) is 34.5 cm³/mol. The van der Waals surface area contributed by atoms with Crippen molar-refractivity contribution in [1.29, 1.82) is 0 Å². The first kappa shape index (κ1) is 6.13. The molecule has 0 saturated carbocycles. The van der Waals surface area contributed by atoms with Crippen LogP contribution in [0.1, 0.15) is 5.69 Å². The molecule has 0 aliphatic heterocycles. The lowest BCUT2D eigenvalue weighted by atomic mass is 10.6. The van der Waals surface area contributed by atoms with Crippen LogP contribution < -0.4 is 4.74 Å². The van der Waals surface area contributed by atoms with Crippen LogP contribution >= 0.6 is 0 Å². The highest BCUT2D eigenvalue weighted by Gasteiger charge is 1.98. The lowest BCUT2D eigenvalue weighted by molar-refractivity contribution is 0.366. The summed E-state index contributed by atoms with van der Waals surface area (Å²) in [4.78, 5) is 4.07. The van der Waals surface area contributed by atoms with Crippen LogP contribution in [0.3, 0.4) is 0 Å². The van der Waals surface area contributed by atoms with Gasteiger partial charge >= 0.3 is 0 Å². The summed E-state index contributed by atoms with van der Waals surface area (Å²) in [5.41, 5.74) is 0.981. The molecule has 0 fully saturated rings. The average Bonchev–Trinajstić information content (AvgIpc) is 2.10. The van der Waals surface area contributed by atoms with Crippen molar-refractivity contribution in [3.63, 3.8) is 0 Å². The van der Waals surface area contributed by atoms with Crippen LogP contribution in [0, 0.1) is 6.92 Å². The molecule has 0 aliphatic rings. The van der Waals surface area contributed by atoms with Gasteiger partial charge in [-0.3, -0.25) is 0 Å². The molecule has 0 saturated heterocycles. The monoisotopic (exact) mass is 126 g/mol. The number of methoxy groups -OCH3 is 1. The topological polar surface area (TPSA) is 27.1 Å². The van der Waals surface area contributed by atoms with E-state index in [1.165, 1.54) is 0 Å². The normalized spacial score (nSPS) is 9.67. The predicted octanol–water partition coefficient (Wildman–Crippen LogP) is 0.737. The van der Waals surface area contributed by atoms with Gasteiger partial charge in [-0.25, -0.2) is 4.98 Å². The van der Waals surface area contributed by atoms with Crippen molar-refractivity contribution in [2.45, 2.75) is 6.92 Å². The van der Waals surface area contributed by atoms with Gasteiger partial charge in [-0.05, 0) is 6.92 Å². The van der Waals surface area contributed by atoms with Crippen LogP contribution in [0.2, 0.25) is 0 Å². The highest BCUT2D eigenvalue weighted by atomic mass is 16.5. The summed E-state index contributed by atoms with van der Waals surface area (Å²) in [5, 5.41) is 0. The molecule has 0 radical (unpaired) electrons. The first-order valence-electron chi connectivity index (χ1n) is 2.78. The van der Waals surface area contributed by atoms with Crippen molar-refractivity contribution in [2.75, 3.05) is 7.11 Å². The molecule has 0 unspecified atom stereocenters. The van der Waals surface area contributed by atoms with Crippen LogP contribution in [0.25, 0.3) is 0 Å². The minimum Gasteiger partial charge on any atom is -0.468 e. The SMILES string of the molecule is COc1nc(C)cn1C. The van der Waals surface area contributed by atoms with Crippen LogP contribution in [0.15, 0.2) is 6.20 Å². The van der Waals surface area contributed by atoms with Gasteiger partial charge in [-0.2, -0.15) is 0 Å². The number of hydrogen-bond donors (Lipinski definition) is 0. The number of nitrogens with zero attached hydrogens (tertiary/aromatic N) is 2. The Labute approximate surface area is 54.3 Å². The van der Waals surface area contributed by atoms with Crippen LogP contribution in [0.5, 0.6) is 6.01 Å². The zero-order valence-corrected chi connectivity index (χ0v) is 5.88. The molecule has 3 nitrogen and oxygen atoms in total. The molecule has 0 atom stereocenters. The number of hydrogen-bond acceptors (Lipinski definition) is 2. The molecule has 1 aromatic rings. The van der Waals surface area contributed by atoms with E-state index in [9.17, 15) is 0 Å². The van der Waals surface area contributed by atoms with Crippen molar-refractivity contribution in [1.82, 2.24) is 9.55 Å². The third-order valence-corrected chi connectivity index (χ3v) is 1.14. The molecule has 0 spiro atoms. The van der Waals surface area contributed by atoms with E-state index in [1.807, 2.05) is 24.7 Å². The number of ether oxygens (including phenoxy) is 1. The quantitative estimate of drug-likeness (QED) is 0.555. The lowest BCUT2D eigenvalue weighted by Gasteiger charge is -1.94. The number of aromatic nitrogens is 2. The Hall–Kier alpha value is -0.990. The van der Waals surface area contributed by atoms with Crippen LogP contribution in [-0.4, -0.2) is 16.7 Å². The molecular weight excluding hydrogens is 116 g/mol. The van der Waals surface area contributed by atoms with Crippen molar-refractivity contribution >= 4 is 0 Å². The van der Waals surface area contributed by atoms with Crippen LogP contribution in [0.4, 0.5) is 0 Å². The first-order valence-corrected chi connectivity index (χ1v) is 2.78. The van der Waals surface area contributed by atoms with Gasteiger partial charge in [0.1, 0.15) is 0 Å². The van der Waals surface area contributed by atoms with Gasteiger partial charge in [0, 0.05) is 13.2 Å². The maximum atomic E-state index is 4.92. The fraction of sp³-hybridized carbons (Fsp3) is 0.500. The second-order valence-electron chi connectivity index (χ2n) is 1.98.